The average molecular weight is 1590 g/mol. The summed E-state index contributed by atoms with van der Waals surface area (Å²) in [5, 5.41) is 20.2. The third-order valence-electron chi connectivity index (χ3n) is 21.8. The molecule has 1 aromatic heterocycles. The number of hydrogen-bond acceptors (Lipinski definition) is 17. The van der Waals surface area contributed by atoms with E-state index in [2.05, 4.69) is 49.5 Å². The first kappa shape index (κ1) is 81.7. The van der Waals surface area contributed by atoms with Crippen LogP contribution in [0.2, 0.25) is 5.02 Å². The number of sulfonamides is 1. The number of carbonyl (C=O) groups is 5. The SMILES string of the molecule is Cc1ncsc1-c1ccc([C@H](C)NC(=O)[C@@H]2C[C@@H](O)CC2C(=O)[C@@H](NC(=O)CCCCCC(=O)N2C[C@H]3CN(CC[C@H](CSc4ccccc4)Nc4ccc(S(=O)(=O)NC(=O)c5ccc(N6CCN(CC7=C(c8ccc(Cl)cc8F)CCC(C)(C)C7)CC6)cc5)cc4S(=O)(=O)C(F)(F)F)C[C@H]3C2)C(C)(C)C)cc1. The van der Waals surface area contributed by atoms with E-state index in [4.69, 9.17) is 11.6 Å². The summed E-state index contributed by atoms with van der Waals surface area (Å²) in [6, 6.07) is 28.6. The third-order valence-corrected chi connectivity index (χ3v) is 27.1. The number of aryl methyl sites for hydroxylation is 1. The van der Waals surface area contributed by atoms with Crippen molar-refractivity contribution in [2.24, 2.45) is 34.5 Å². The zero-order valence-corrected chi connectivity index (χ0v) is 66.1. The van der Waals surface area contributed by atoms with E-state index < -0.39 is 82.2 Å². The Morgan fingerprint density at radius 3 is 2.12 bits per heavy atom. The van der Waals surface area contributed by atoms with Gasteiger partial charge in [0.2, 0.25) is 17.7 Å². The highest BCUT2D eigenvalue weighted by atomic mass is 35.5. The molecule has 19 nitrogen and oxygen atoms in total. The topological polar surface area (TPSA) is 248 Å². The van der Waals surface area contributed by atoms with Gasteiger partial charge in [0.25, 0.3) is 25.8 Å². The Balaban J connectivity index is 0.645. The van der Waals surface area contributed by atoms with Gasteiger partial charge in [0.05, 0.1) is 50.8 Å². The smallest absolute Gasteiger partial charge is 0.393 e. The first-order valence-corrected chi connectivity index (χ1v) is 42.3. The third kappa shape index (κ3) is 20.3. The number of alkyl halides is 3. The van der Waals surface area contributed by atoms with E-state index in [1.54, 1.807) is 41.1 Å². The van der Waals surface area contributed by atoms with Gasteiger partial charge in [-0.05, 0) is 171 Å². The van der Waals surface area contributed by atoms with Gasteiger partial charge in [-0.3, -0.25) is 28.9 Å². The number of thioether (sulfide) groups is 1. The fraction of sp³-hybridized carbons (Fsp3) is 0.500. The molecule has 5 aliphatic rings. The Kier molecular flexibility index (Phi) is 26.2. The van der Waals surface area contributed by atoms with Crippen molar-refractivity contribution < 1.29 is 63.5 Å². The first-order valence-electron chi connectivity index (χ1n) is 37.1. The molecule has 2 aliphatic carbocycles. The average Bonchev–Trinajstić information content (AvgIpc) is 1.07. The number of unbranched alkanes of at least 4 members (excludes halogenated alkanes) is 2. The quantitative estimate of drug-likeness (QED) is 0.0166. The lowest BCUT2D eigenvalue weighted by atomic mass is 9.72. The number of aliphatic hydroxyl groups is 1. The normalized spacial score (nSPS) is 21.0. The fourth-order valence-electron chi connectivity index (χ4n) is 15.8. The maximum Gasteiger partial charge on any atom is 0.501 e. The van der Waals surface area contributed by atoms with Crippen molar-refractivity contribution >= 4 is 101 Å². The van der Waals surface area contributed by atoms with Crippen LogP contribution in [0, 0.1) is 47.2 Å². The zero-order chi connectivity index (χ0) is 77.6. The number of rotatable bonds is 29. The number of nitrogens with one attached hydrogen (secondary N) is 4. The molecule has 1 saturated carbocycles. The van der Waals surface area contributed by atoms with Crippen LogP contribution < -0.4 is 25.6 Å². The molecule has 3 saturated heterocycles. The molecular formula is C80H98ClF4N9O10S4. The Morgan fingerprint density at radius 1 is 0.796 bits per heavy atom. The molecule has 0 spiro atoms. The highest BCUT2D eigenvalue weighted by molar-refractivity contribution is 7.99. The molecule has 6 aromatic rings. The molecule has 4 fully saturated rings. The molecule has 4 heterocycles. The number of allylic oxidation sites excluding steroid dienone is 1. The summed E-state index contributed by atoms with van der Waals surface area (Å²) in [7, 11) is -11.2. The molecule has 11 rings (SSSR count). The Labute approximate surface area is 644 Å². The maximum absolute atomic E-state index is 15.2. The van der Waals surface area contributed by atoms with Gasteiger partial charge in [-0.15, -0.1) is 23.1 Å². The monoisotopic (exact) mass is 1580 g/mol. The largest absolute Gasteiger partial charge is 0.501 e. The summed E-state index contributed by atoms with van der Waals surface area (Å²) >= 11 is 9.06. The number of thiazole rings is 1. The van der Waals surface area contributed by atoms with Gasteiger partial charge in [-0.2, -0.15) is 13.2 Å². The van der Waals surface area contributed by atoms with Gasteiger partial charge >= 0.3 is 5.51 Å². The van der Waals surface area contributed by atoms with Crippen LogP contribution in [0.4, 0.5) is 28.9 Å². The predicted molar refractivity (Wildman–Crippen MR) is 415 cm³/mol. The minimum Gasteiger partial charge on any atom is -0.393 e. The van der Waals surface area contributed by atoms with Crippen LogP contribution in [-0.4, -0.2) is 166 Å². The summed E-state index contributed by atoms with van der Waals surface area (Å²) in [5.74, 6) is -3.35. The second-order valence-electron chi connectivity index (χ2n) is 31.5. The van der Waals surface area contributed by atoms with Gasteiger partial charge in [-0.1, -0.05) is 107 Å². The number of Topliss-reactive ketones (excluding diaryl/α,β-unsaturated/α-hetero) is 1. The second-order valence-corrected chi connectivity index (χ2v) is 37.5. The summed E-state index contributed by atoms with van der Waals surface area (Å²) in [6.45, 7) is 20.0. The molecule has 0 radical (unpaired) electrons. The van der Waals surface area contributed by atoms with E-state index in [9.17, 15) is 59.1 Å². The van der Waals surface area contributed by atoms with Crippen LogP contribution in [0.15, 0.2) is 141 Å². The molecule has 8 atom stereocenters. The minimum atomic E-state index is -6.19. The van der Waals surface area contributed by atoms with E-state index in [0.29, 0.717) is 108 Å². The highest BCUT2D eigenvalue weighted by Gasteiger charge is 2.50. The number of fused-ring (bicyclic) bond motifs is 1. The lowest BCUT2D eigenvalue weighted by Crippen LogP contribution is -2.52. The van der Waals surface area contributed by atoms with Crippen LogP contribution >= 0.6 is 34.7 Å². The van der Waals surface area contributed by atoms with E-state index in [1.165, 1.54) is 35.5 Å². The van der Waals surface area contributed by atoms with Gasteiger partial charge < -0.3 is 35.8 Å². The Morgan fingerprint density at radius 2 is 1.47 bits per heavy atom. The minimum absolute atomic E-state index is 0.00499. The van der Waals surface area contributed by atoms with E-state index >= 15 is 4.39 Å². The van der Waals surface area contributed by atoms with E-state index in [0.717, 1.165) is 69.2 Å². The standard InChI is InChI=1S/C80H98ClF4N9O10S4/c1-50(52-18-20-53(21-19-52)74-51(2)86-49-106-74)87-77(100)67-40-61(95)39-66(67)73(98)75(78(3,4)5)89-71(96)16-12-9-13-17-72(97)94-46-56-44-92(45-57(56)47-94)33-31-59(48-105-62-14-10-8-11-15-62)88-69-29-27-63(41-70(69)107(101,102)80(83,84)85)108(103,104)90-76(99)54-22-25-60(26-23-54)93-36-34-91(35-37-93)43-55-42-79(6,7)32-30-64(55)65-28-24-58(81)38-68(65)82/h8,10-11,14-15,18-29,38,41,49-50,56-57,59,61,66-67,75,88,95H,9,12-13,16-17,30-37,39-40,42-48H2,1-7H3,(H,87,100)(H,89,96)(H,90,99)/t50-,56-,57+,59+,61-,66?,67+,75+/m0/s1. The summed E-state index contributed by atoms with van der Waals surface area (Å²) in [6.07, 6.45) is 4.25. The molecule has 0 bridgehead atoms. The summed E-state index contributed by atoms with van der Waals surface area (Å²) in [4.78, 5) is 81.7. The Bertz CT molecular complexity index is 4480. The number of sulfone groups is 1. The molecule has 3 aliphatic heterocycles. The van der Waals surface area contributed by atoms with Crippen molar-refractivity contribution in [3.05, 3.63) is 160 Å². The van der Waals surface area contributed by atoms with Crippen molar-refractivity contribution in [1.29, 1.82) is 0 Å². The molecule has 582 valence electrons. The van der Waals surface area contributed by atoms with Gasteiger partial charge in [0.1, 0.15) is 10.7 Å². The maximum atomic E-state index is 15.2. The molecule has 28 heteroatoms. The zero-order valence-electron chi connectivity index (χ0n) is 62.1. The predicted octanol–water partition coefficient (Wildman–Crippen LogP) is 13.8. The lowest BCUT2D eigenvalue weighted by molar-refractivity contribution is -0.137. The van der Waals surface area contributed by atoms with E-state index in [1.807, 2.05) is 98.8 Å². The highest BCUT2D eigenvalue weighted by Crippen LogP contribution is 2.45. The van der Waals surface area contributed by atoms with Gasteiger partial charge in [0, 0.05) is 123 Å². The molecule has 108 heavy (non-hydrogen) atoms. The number of amides is 4. The number of anilines is 2. The van der Waals surface area contributed by atoms with Crippen LogP contribution in [0.25, 0.3) is 16.0 Å². The number of aromatic nitrogens is 1. The number of halogens is 5. The number of benzene rings is 5. The number of aliphatic hydroxyl groups excluding tert-OH is 1. The van der Waals surface area contributed by atoms with Crippen molar-refractivity contribution in [1.82, 2.24) is 35.0 Å². The summed E-state index contributed by atoms with van der Waals surface area (Å²) in [5.41, 5.74) is 1.21. The van der Waals surface area contributed by atoms with Crippen molar-refractivity contribution in [3.63, 3.8) is 0 Å². The van der Waals surface area contributed by atoms with Crippen LogP contribution in [0.1, 0.15) is 145 Å². The summed E-state index contributed by atoms with van der Waals surface area (Å²) < 4.78 is 116. The lowest BCUT2D eigenvalue weighted by Gasteiger charge is -2.39. The molecule has 5 N–H and O–H groups in total. The van der Waals surface area contributed by atoms with Crippen molar-refractivity contribution in [2.75, 3.05) is 81.4 Å². The van der Waals surface area contributed by atoms with Crippen molar-refractivity contribution in [3.8, 4) is 10.4 Å². The number of piperazine rings is 1. The van der Waals surface area contributed by atoms with Crippen LogP contribution in [0.3, 0.4) is 0 Å². The van der Waals surface area contributed by atoms with Crippen molar-refractivity contribution in [2.45, 2.75) is 164 Å². The second kappa shape index (κ2) is 34.6. The van der Waals surface area contributed by atoms with Crippen LogP contribution in [0.5, 0.6) is 0 Å². The first-order chi connectivity index (χ1) is 51.1. The number of ketones is 1. The number of nitrogens with zero attached hydrogens (tertiary/aromatic N) is 5. The Hall–Kier alpha value is -7.24. The number of hydrogen-bond donors (Lipinski definition) is 5. The fourth-order valence-corrected chi connectivity index (χ4v) is 19.8. The van der Waals surface area contributed by atoms with Crippen LogP contribution in [-0.2, 0) is 39.0 Å². The van der Waals surface area contributed by atoms with Gasteiger partial charge in [0.15, 0.2) is 5.78 Å². The van der Waals surface area contributed by atoms with Gasteiger partial charge in [-0.25, -0.2) is 30.9 Å². The number of carbonyl (C=O) groups excluding carboxylic acids is 5. The number of likely N-dealkylation sites (tertiary alicyclic amines) is 2. The molecule has 1 unspecified atom stereocenters. The molecule has 5 aromatic carbocycles. The molecular weight excluding hydrogens is 1490 g/mol. The molecule has 4 amide bonds. The van der Waals surface area contributed by atoms with E-state index in [-0.39, 0.29) is 89.6 Å².